The lowest BCUT2D eigenvalue weighted by atomic mass is 9.93. The van der Waals surface area contributed by atoms with Gasteiger partial charge in [-0.1, -0.05) is 24.3 Å². The van der Waals surface area contributed by atoms with Gasteiger partial charge in [-0.15, -0.1) is 0 Å². The molecular weight excluding hydrogens is 528 g/mol. The summed E-state index contributed by atoms with van der Waals surface area (Å²) in [6.07, 6.45) is 9.23. The normalized spacial score (nSPS) is 19.1. The van der Waals surface area contributed by atoms with E-state index in [0.29, 0.717) is 60.7 Å². The topological polar surface area (TPSA) is 156 Å². The maximum absolute atomic E-state index is 13.9. The molecule has 4 aromatic rings. The van der Waals surface area contributed by atoms with Crippen molar-refractivity contribution in [3.63, 3.8) is 0 Å². The van der Waals surface area contributed by atoms with Crippen molar-refractivity contribution < 1.29 is 24.9 Å². The molecule has 1 aromatic carbocycles. The summed E-state index contributed by atoms with van der Waals surface area (Å²) in [6, 6.07) is 8.42. The van der Waals surface area contributed by atoms with Crippen LogP contribution in [0, 0.1) is 5.92 Å². The van der Waals surface area contributed by atoms with Gasteiger partial charge in [0.2, 0.25) is 0 Å². The zero-order chi connectivity index (χ0) is 28.8. The van der Waals surface area contributed by atoms with Crippen molar-refractivity contribution in [2.24, 2.45) is 13.0 Å². The molecule has 6 rings (SSSR count). The number of benzene rings is 1. The van der Waals surface area contributed by atoms with Gasteiger partial charge >= 0.3 is 17.6 Å². The predicted molar refractivity (Wildman–Crippen MR) is 149 cm³/mol. The first-order chi connectivity index (χ1) is 19.7. The second-order valence-corrected chi connectivity index (χ2v) is 10.3. The van der Waals surface area contributed by atoms with Gasteiger partial charge in [-0.25, -0.2) is 19.6 Å². The highest BCUT2D eigenvalue weighted by Crippen LogP contribution is 2.32. The standard InChI is InChI=1S/C29H28N6O6/c1-32-23(28(39)40)14-31-25(32)16-33-12-10-20(15-33)34-26-22(3-2-11-30-26)35(29(34)41)21-9-8-19(13-24(21)36)17-4-6-18(7-5-17)27(37)38/h2-6,8-9,11,13-14,18,20,36H,7,10,12,15-16H2,1H3,(H,37,38)(H,39,40)/t18?,20-/m0/s1. The number of aromatic nitrogens is 5. The molecule has 2 aliphatic rings. The van der Waals surface area contributed by atoms with Gasteiger partial charge in [0.05, 0.1) is 35.9 Å². The maximum atomic E-state index is 13.9. The molecule has 1 aliphatic carbocycles. The van der Waals surface area contributed by atoms with Crippen molar-refractivity contribution in [3.05, 3.63) is 88.5 Å². The summed E-state index contributed by atoms with van der Waals surface area (Å²) < 4.78 is 4.70. The van der Waals surface area contributed by atoms with Crippen LogP contribution in [0.2, 0.25) is 0 Å². The van der Waals surface area contributed by atoms with E-state index in [4.69, 9.17) is 0 Å². The van der Waals surface area contributed by atoms with Crippen LogP contribution in [0.1, 0.15) is 40.8 Å². The molecule has 0 radical (unpaired) electrons. The Kier molecular flexibility index (Phi) is 6.54. The number of phenolic OH excluding ortho intramolecular Hbond substituents is 1. The lowest BCUT2D eigenvalue weighted by Crippen LogP contribution is -2.29. The van der Waals surface area contributed by atoms with E-state index in [1.807, 2.05) is 6.08 Å². The number of fused-ring (bicyclic) bond motifs is 1. The van der Waals surface area contributed by atoms with Crippen LogP contribution in [0.25, 0.3) is 22.4 Å². The van der Waals surface area contributed by atoms with Crippen molar-refractivity contribution in [1.82, 2.24) is 28.6 Å². The van der Waals surface area contributed by atoms with Crippen LogP contribution >= 0.6 is 0 Å². The van der Waals surface area contributed by atoms with Crippen molar-refractivity contribution in [3.8, 4) is 11.4 Å². The molecule has 1 aliphatic heterocycles. The number of hydrogen-bond acceptors (Lipinski definition) is 7. The Morgan fingerprint density at radius 3 is 2.66 bits per heavy atom. The number of hydrogen-bond donors (Lipinski definition) is 3. The molecule has 4 heterocycles. The first-order valence-corrected chi connectivity index (χ1v) is 13.2. The lowest BCUT2D eigenvalue weighted by Gasteiger charge is -2.16. The van der Waals surface area contributed by atoms with Crippen molar-refractivity contribution in [1.29, 1.82) is 0 Å². The number of aromatic hydroxyl groups is 1. The van der Waals surface area contributed by atoms with Gasteiger partial charge in [0.25, 0.3) is 0 Å². The number of likely N-dealkylation sites (tertiary alicyclic amines) is 1. The number of carboxylic acid groups (broad SMARTS) is 2. The summed E-state index contributed by atoms with van der Waals surface area (Å²) in [5.41, 5.74) is 2.71. The molecule has 12 heteroatoms. The van der Waals surface area contributed by atoms with Crippen LogP contribution in [-0.4, -0.2) is 68.9 Å². The van der Waals surface area contributed by atoms with Crippen molar-refractivity contribution >= 4 is 28.7 Å². The third kappa shape index (κ3) is 4.61. The largest absolute Gasteiger partial charge is 0.506 e. The van der Waals surface area contributed by atoms with E-state index in [0.717, 1.165) is 5.57 Å². The van der Waals surface area contributed by atoms with Crippen LogP contribution in [-0.2, 0) is 18.4 Å². The van der Waals surface area contributed by atoms with E-state index in [-0.39, 0.29) is 23.2 Å². The summed E-state index contributed by atoms with van der Waals surface area (Å²) in [5.74, 6) is -1.94. The number of allylic oxidation sites excluding steroid dienone is 3. The van der Waals surface area contributed by atoms with Crippen LogP contribution in [0.4, 0.5) is 0 Å². The Balaban J connectivity index is 1.30. The van der Waals surface area contributed by atoms with E-state index in [1.54, 1.807) is 64.9 Å². The molecule has 0 saturated carbocycles. The SMILES string of the molecule is Cn1c(C(=O)O)cnc1CN1CC[C@H](n2c(=O)n(-c3ccc(C4=CCC(C(=O)O)C=C4)cc3O)c3cccnc32)C1. The Morgan fingerprint density at radius 2 is 1.98 bits per heavy atom. The third-order valence-corrected chi connectivity index (χ3v) is 7.88. The Morgan fingerprint density at radius 1 is 1.15 bits per heavy atom. The maximum Gasteiger partial charge on any atom is 0.354 e. The van der Waals surface area contributed by atoms with E-state index in [1.165, 1.54) is 10.8 Å². The number of carbonyl (C=O) groups is 2. The fourth-order valence-corrected chi connectivity index (χ4v) is 5.68. The monoisotopic (exact) mass is 556 g/mol. The Bertz CT molecular complexity index is 1810. The Labute approximate surface area is 233 Å². The van der Waals surface area contributed by atoms with Gasteiger partial charge < -0.3 is 19.9 Å². The highest BCUT2D eigenvalue weighted by atomic mass is 16.4. The van der Waals surface area contributed by atoms with Crippen LogP contribution in [0.15, 0.2) is 65.7 Å². The van der Waals surface area contributed by atoms with E-state index in [9.17, 15) is 29.7 Å². The number of rotatable bonds is 7. The van der Waals surface area contributed by atoms with E-state index < -0.39 is 17.9 Å². The van der Waals surface area contributed by atoms with E-state index in [2.05, 4.69) is 14.9 Å². The molecule has 2 atom stereocenters. The summed E-state index contributed by atoms with van der Waals surface area (Å²) in [5, 5.41) is 29.6. The number of carboxylic acids is 2. The summed E-state index contributed by atoms with van der Waals surface area (Å²) in [6.45, 7) is 1.69. The van der Waals surface area contributed by atoms with Gasteiger partial charge in [0.15, 0.2) is 5.65 Å². The van der Waals surface area contributed by atoms with Gasteiger partial charge in [-0.2, -0.15) is 0 Å². The molecule has 0 amide bonds. The van der Waals surface area contributed by atoms with Crippen LogP contribution < -0.4 is 5.69 Å². The third-order valence-electron chi connectivity index (χ3n) is 7.88. The molecule has 1 fully saturated rings. The Hall–Kier alpha value is -4.97. The molecule has 0 bridgehead atoms. The van der Waals surface area contributed by atoms with Crippen molar-refractivity contribution in [2.45, 2.75) is 25.4 Å². The first-order valence-electron chi connectivity index (χ1n) is 13.2. The van der Waals surface area contributed by atoms with E-state index >= 15 is 0 Å². The molecule has 41 heavy (non-hydrogen) atoms. The number of pyridine rings is 1. The second-order valence-electron chi connectivity index (χ2n) is 10.3. The van der Waals surface area contributed by atoms with Gasteiger partial charge in [-0.3, -0.25) is 18.8 Å². The number of nitrogens with zero attached hydrogens (tertiary/aromatic N) is 6. The van der Waals surface area contributed by atoms with Gasteiger partial charge in [0, 0.05) is 26.3 Å². The number of aliphatic carboxylic acids is 1. The predicted octanol–water partition coefficient (Wildman–Crippen LogP) is 2.82. The molecular formula is C29H28N6O6. The molecule has 12 nitrogen and oxygen atoms in total. The molecule has 1 unspecified atom stereocenters. The minimum atomic E-state index is -1.04. The minimum absolute atomic E-state index is 0.0840. The molecule has 3 aromatic heterocycles. The van der Waals surface area contributed by atoms with Gasteiger partial charge in [0.1, 0.15) is 17.3 Å². The highest BCUT2D eigenvalue weighted by molar-refractivity contribution is 5.85. The molecule has 3 N–H and O–H groups in total. The fourth-order valence-electron chi connectivity index (χ4n) is 5.68. The number of phenols is 1. The molecule has 210 valence electrons. The second kappa shape index (κ2) is 10.2. The number of aromatic carboxylic acids is 1. The lowest BCUT2D eigenvalue weighted by molar-refractivity contribution is -0.139. The van der Waals surface area contributed by atoms with Gasteiger partial charge in [-0.05, 0) is 48.2 Å². The zero-order valence-corrected chi connectivity index (χ0v) is 22.2. The quantitative estimate of drug-likeness (QED) is 0.312. The fraction of sp³-hybridized carbons (Fsp3) is 0.276. The minimum Gasteiger partial charge on any atom is -0.506 e. The summed E-state index contributed by atoms with van der Waals surface area (Å²) >= 11 is 0. The smallest absolute Gasteiger partial charge is 0.354 e. The van der Waals surface area contributed by atoms with Crippen LogP contribution in [0.5, 0.6) is 5.75 Å². The average molecular weight is 557 g/mol. The number of imidazole rings is 2. The summed E-state index contributed by atoms with van der Waals surface area (Å²) in [7, 11) is 1.67. The van der Waals surface area contributed by atoms with Crippen LogP contribution in [0.3, 0.4) is 0 Å². The molecule has 0 spiro atoms. The van der Waals surface area contributed by atoms with Crippen molar-refractivity contribution in [2.75, 3.05) is 13.1 Å². The highest BCUT2D eigenvalue weighted by Gasteiger charge is 2.30. The summed E-state index contributed by atoms with van der Waals surface area (Å²) in [4.78, 5) is 47.4. The average Bonchev–Trinajstić information content (AvgIpc) is 3.64. The first kappa shape index (κ1) is 26.3. The zero-order valence-electron chi connectivity index (χ0n) is 22.2. The molecule has 1 saturated heterocycles.